The molecular formula is C13H15NS. The Hall–Kier alpha value is -1.20. The molecule has 0 aliphatic rings. The molecule has 0 saturated carbocycles. The number of rotatable bonds is 3. The van der Waals surface area contributed by atoms with Gasteiger partial charge in [0.15, 0.2) is 0 Å². The quantitative estimate of drug-likeness (QED) is 0.559. The normalized spacial score (nSPS) is 11.2. The van der Waals surface area contributed by atoms with Crippen molar-refractivity contribution in [1.82, 2.24) is 0 Å². The van der Waals surface area contributed by atoms with Crippen molar-refractivity contribution in [2.24, 2.45) is 0 Å². The molecule has 1 aromatic rings. The van der Waals surface area contributed by atoms with Gasteiger partial charge in [-0.05, 0) is 42.9 Å². The standard InChI is InChI=1S/C13H15NS/c1-4-12(8-14)9-15-13-7-5-6-10(2)11(13)3/h5-7,9H,4H2,1-3H3. The maximum absolute atomic E-state index is 8.80. The highest BCUT2D eigenvalue weighted by atomic mass is 32.2. The summed E-state index contributed by atoms with van der Waals surface area (Å²) in [5.74, 6) is 0. The zero-order valence-corrected chi connectivity index (χ0v) is 10.2. The van der Waals surface area contributed by atoms with Crippen molar-refractivity contribution in [3.63, 3.8) is 0 Å². The highest BCUT2D eigenvalue weighted by Crippen LogP contribution is 2.26. The van der Waals surface area contributed by atoms with Crippen molar-refractivity contribution in [1.29, 1.82) is 5.26 Å². The van der Waals surface area contributed by atoms with E-state index in [-0.39, 0.29) is 0 Å². The lowest BCUT2D eigenvalue weighted by Gasteiger charge is -2.05. The van der Waals surface area contributed by atoms with Gasteiger partial charge in [-0.15, -0.1) is 0 Å². The number of thioether (sulfide) groups is 1. The van der Waals surface area contributed by atoms with Gasteiger partial charge < -0.3 is 0 Å². The molecule has 1 rings (SSSR count). The lowest BCUT2D eigenvalue weighted by molar-refractivity contribution is 1.16. The van der Waals surface area contributed by atoms with E-state index in [1.807, 2.05) is 12.3 Å². The van der Waals surface area contributed by atoms with Gasteiger partial charge in [-0.1, -0.05) is 30.8 Å². The molecule has 78 valence electrons. The van der Waals surface area contributed by atoms with Crippen LogP contribution in [-0.2, 0) is 0 Å². The van der Waals surface area contributed by atoms with E-state index in [4.69, 9.17) is 5.26 Å². The number of allylic oxidation sites excluding steroid dienone is 1. The molecule has 0 fully saturated rings. The number of benzene rings is 1. The molecule has 0 bridgehead atoms. The number of nitriles is 1. The third-order valence-corrected chi connectivity index (χ3v) is 3.51. The SMILES string of the molecule is CCC(C#N)=CSc1cccc(C)c1C. The highest BCUT2D eigenvalue weighted by molar-refractivity contribution is 8.02. The van der Waals surface area contributed by atoms with Gasteiger partial charge in [0.05, 0.1) is 6.07 Å². The number of aryl methyl sites for hydroxylation is 1. The fourth-order valence-corrected chi connectivity index (χ4v) is 2.16. The van der Waals surface area contributed by atoms with Gasteiger partial charge in [-0.3, -0.25) is 0 Å². The van der Waals surface area contributed by atoms with Crippen molar-refractivity contribution in [3.05, 3.63) is 40.3 Å². The number of hydrogen-bond acceptors (Lipinski definition) is 2. The summed E-state index contributed by atoms with van der Waals surface area (Å²) < 4.78 is 0. The molecule has 0 radical (unpaired) electrons. The molecule has 0 aliphatic carbocycles. The molecule has 0 heterocycles. The predicted molar refractivity (Wildman–Crippen MR) is 65.8 cm³/mol. The molecule has 1 aromatic carbocycles. The van der Waals surface area contributed by atoms with Crippen LogP contribution in [0.5, 0.6) is 0 Å². The van der Waals surface area contributed by atoms with E-state index in [1.54, 1.807) is 11.8 Å². The third kappa shape index (κ3) is 3.14. The Kier molecular flexibility index (Phi) is 4.45. The Morgan fingerprint density at radius 3 is 2.80 bits per heavy atom. The summed E-state index contributed by atoms with van der Waals surface area (Å²) in [6, 6.07) is 8.45. The van der Waals surface area contributed by atoms with Crippen LogP contribution < -0.4 is 0 Å². The van der Waals surface area contributed by atoms with E-state index < -0.39 is 0 Å². The van der Waals surface area contributed by atoms with Crippen LogP contribution in [0.15, 0.2) is 34.1 Å². The maximum atomic E-state index is 8.80. The Balaban J connectivity index is 2.87. The van der Waals surface area contributed by atoms with Crippen molar-refractivity contribution < 1.29 is 0 Å². The van der Waals surface area contributed by atoms with Gasteiger partial charge in [-0.25, -0.2) is 0 Å². The maximum Gasteiger partial charge on any atom is 0.0952 e. The van der Waals surface area contributed by atoms with Gasteiger partial charge in [0.25, 0.3) is 0 Å². The van der Waals surface area contributed by atoms with Crippen LogP contribution in [-0.4, -0.2) is 0 Å². The van der Waals surface area contributed by atoms with Gasteiger partial charge >= 0.3 is 0 Å². The lowest BCUT2D eigenvalue weighted by atomic mass is 10.1. The van der Waals surface area contributed by atoms with E-state index in [0.29, 0.717) is 0 Å². The molecule has 15 heavy (non-hydrogen) atoms. The molecule has 0 spiro atoms. The number of hydrogen-bond donors (Lipinski definition) is 0. The minimum absolute atomic E-state index is 0.800. The van der Waals surface area contributed by atoms with Crippen LogP contribution in [0.4, 0.5) is 0 Å². The zero-order chi connectivity index (χ0) is 11.3. The first-order valence-corrected chi connectivity index (χ1v) is 5.89. The molecule has 0 atom stereocenters. The lowest BCUT2D eigenvalue weighted by Crippen LogP contribution is -1.83. The molecule has 1 nitrogen and oxygen atoms in total. The van der Waals surface area contributed by atoms with Crippen molar-refractivity contribution in [3.8, 4) is 6.07 Å². The Morgan fingerprint density at radius 2 is 2.20 bits per heavy atom. The molecule has 2 heteroatoms. The first-order valence-electron chi connectivity index (χ1n) is 5.01. The fraction of sp³-hybridized carbons (Fsp3) is 0.308. The van der Waals surface area contributed by atoms with Crippen molar-refractivity contribution in [2.45, 2.75) is 32.1 Å². The number of nitrogens with zero attached hydrogens (tertiary/aromatic N) is 1. The van der Waals surface area contributed by atoms with Crippen LogP contribution in [0.3, 0.4) is 0 Å². The van der Waals surface area contributed by atoms with E-state index in [2.05, 4.69) is 38.1 Å². The summed E-state index contributed by atoms with van der Waals surface area (Å²) >= 11 is 1.63. The van der Waals surface area contributed by atoms with E-state index >= 15 is 0 Å². The van der Waals surface area contributed by atoms with Crippen molar-refractivity contribution >= 4 is 11.8 Å². The Bertz CT molecular complexity index is 413. The molecular weight excluding hydrogens is 202 g/mol. The van der Waals surface area contributed by atoms with Gasteiger partial charge in [0.2, 0.25) is 0 Å². The summed E-state index contributed by atoms with van der Waals surface area (Å²) in [6.07, 6.45) is 0.800. The van der Waals surface area contributed by atoms with E-state index in [1.165, 1.54) is 16.0 Å². The average molecular weight is 217 g/mol. The first kappa shape index (κ1) is 11.9. The monoisotopic (exact) mass is 217 g/mol. The van der Waals surface area contributed by atoms with Gasteiger partial charge in [0, 0.05) is 10.5 Å². The summed E-state index contributed by atoms with van der Waals surface area (Å²) in [5.41, 5.74) is 3.43. The summed E-state index contributed by atoms with van der Waals surface area (Å²) in [7, 11) is 0. The fourth-order valence-electron chi connectivity index (χ4n) is 1.18. The molecule has 0 N–H and O–H groups in total. The summed E-state index contributed by atoms with van der Waals surface area (Å²) in [5, 5.41) is 10.7. The molecule has 0 saturated heterocycles. The second-order valence-corrected chi connectivity index (χ2v) is 4.34. The molecule has 0 aliphatic heterocycles. The summed E-state index contributed by atoms with van der Waals surface area (Å²) in [6.45, 7) is 6.22. The Morgan fingerprint density at radius 1 is 1.47 bits per heavy atom. The minimum atomic E-state index is 0.800. The molecule has 0 unspecified atom stereocenters. The van der Waals surface area contributed by atoms with Crippen LogP contribution in [0.2, 0.25) is 0 Å². The van der Waals surface area contributed by atoms with Crippen LogP contribution in [0, 0.1) is 25.2 Å². The molecule has 0 aromatic heterocycles. The van der Waals surface area contributed by atoms with Crippen LogP contribution >= 0.6 is 11.8 Å². The smallest absolute Gasteiger partial charge is 0.0952 e. The van der Waals surface area contributed by atoms with Crippen LogP contribution in [0.25, 0.3) is 0 Å². The van der Waals surface area contributed by atoms with E-state index in [0.717, 1.165) is 12.0 Å². The molecule has 0 amide bonds. The highest BCUT2D eigenvalue weighted by Gasteiger charge is 2.00. The van der Waals surface area contributed by atoms with Gasteiger partial charge in [-0.2, -0.15) is 5.26 Å². The minimum Gasteiger partial charge on any atom is -0.193 e. The predicted octanol–water partition coefficient (Wildman–Crippen LogP) is 4.21. The largest absolute Gasteiger partial charge is 0.193 e. The second-order valence-electron chi connectivity index (χ2n) is 3.42. The van der Waals surface area contributed by atoms with Crippen LogP contribution in [0.1, 0.15) is 24.5 Å². The Labute approximate surface area is 95.8 Å². The van der Waals surface area contributed by atoms with Crippen molar-refractivity contribution in [2.75, 3.05) is 0 Å². The average Bonchev–Trinajstić information content (AvgIpc) is 2.25. The van der Waals surface area contributed by atoms with E-state index in [9.17, 15) is 0 Å². The zero-order valence-electron chi connectivity index (χ0n) is 9.37. The first-order chi connectivity index (χ1) is 7.19. The van der Waals surface area contributed by atoms with Gasteiger partial charge in [0.1, 0.15) is 0 Å². The summed E-state index contributed by atoms with van der Waals surface area (Å²) in [4.78, 5) is 1.23. The third-order valence-electron chi connectivity index (χ3n) is 2.41. The second kappa shape index (κ2) is 5.63. The topological polar surface area (TPSA) is 23.8 Å².